The van der Waals surface area contributed by atoms with Crippen LogP contribution in [0.15, 0.2) is 24.3 Å². The Morgan fingerprint density at radius 2 is 2.17 bits per heavy atom. The molecule has 0 aromatic heterocycles. The van der Waals surface area contributed by atoms with Gasteiger partial charge in [-0.25, -0.2) is 9.18 Å². The Kier molecular flexibility index (Phi) is 4.47. The van der Waals surface area contributed by atoms with Crippen LogP contribution in [0.3, 0.4) is 0 Å². The SMILES string of the molecule is CS[C@H]1CCCN(C(=O)Nc2ccc(F)cc2)C1. The highest BCUT2D eigenvalue weighted by atomic mass is 32.2. The summed E-state index contributed by atoms with van der Waals surface area (Å²) in [7, 11) is 0. The number of likely N-dealkylation sites (tertiary alicyclic amines) is 1. The fourth-order valence-corrected chi connectivity index (χ4v) is 2.78. The Morgan fingerprint density at radius 3 is 2.83 bits per heavy atom. The fraction of sp³-hybridized carbons (Fsp3) is 0.462. The predicted molar refractivity (Wildman–Crippen MR) is 73.5 cm³/mol. The first-order valence-electron chi connectivity index (χ1n) is 6.03. The van der Waals surface area contributed by atoms with E-state index in [1.807, 2.05) is 4.90 Å². The minimum Gasteiger partial charge on any atom is -0.323 e. The molecule has 1 atom stereocenters. The van der Waals surface area contributed by atoms with E-state index in [1.165, 1.54) is 18.6 Å². The maximum Gasteiger partial charge on any atom is 0.321 e. The van der Waals surface area contributed by atoms with Gasteiger partial charge in [-0.05, 0) is 43.4 Å². The van der Waals surface area contributed by atoms with Gasteiger partial charge in [0.2, 0.25) is 0 Å². The smallest absolute Gasteiger partial charge is 0.321 e. The zero-order valence-corrected chi connectivity index (χ0v) is 11.2. The van der Waals surface area contributed by atoms with Gasteiger partial charge in [0.25, 0.3) is 0 Å². The molecular formula is C13H17FN2OS. The molecule has 2 rings (SSSR count). The van der Waals surface area contributed by atoms with Crippen LogP contribution in [-0.4, -0.2) is 35.5 Å². The Hall–Kier alpha value is -1.23. The Morgan fingerprint density at radius 1 is 1.44 bits per heavy atom. The summed E-state index contributed by atoms with van der Waals surface area (Å²) in [5, 5.41) is 3.32. The number of nitrogens with one attached hydrogen (secondary N) is 1. The largest absolute Gasteiger partial charge is 0.323 e. The number of thioether (sulfide) groups is 1. The lowest BCUT2D eigenvalue weighted by Gasteiger charge is -2.31. The lowest BCUT2D eigenvalue weighted by atomic mass is 10.1. The van der Waals surface area contributed by atoms with Crippen molar-refractivity contribution in [3.8, 4) is 0 Å². The highest BCUT2D eigenvalue weighted by molar-refractivity contribution is 7.99. The molecule has 1 aromatic rings. The second-order valence-corrected chi connectivity index (χ2v) is 5.52. The molecular weight excluding hydrogens is 251 g/mol. The van der Waals surface area contributed by atoms with Gasteiger partial charge < -0.3 is 10.2 Å². The Bertz CT molecular complexity index is 410. The van der Waals surface area contributed by atoms with Crippen LogP contribution in [-0.2, 0) is 0 Å². The van der Waals surface area contributed by atoms with Crippen molar-refractivity contribution < 1.29 is 9.18 Å². The van der Waals surface area contributed by atoms with E-state index < -0.39 is 0 Å². The van der Waals surface area contributed by atoms with Gasteiger partial charge in [0.05, 0.1) is 0 Å². The van der Waals surface area contributed by atoms with Crippen molar-refractivity contribution in [2.24, 2.45) is 0 Å². The van der Waals surface area contributed by atoms with Crippen molar-refractivity contribution in [2.45, 2.75) is 18.1 Å². The maximum atomic E-state index is 12.7. The normalized spacial score (nSPS) is 19.7. The quantitative estimate of drug-likeness (QED) is 0.893. The first-order valence-corrected chi connectivity index (χ1v) is 7.32. The number of nitrogens with zero attached hydrogens (tertiary/aromatic N) is 1. The number of carbonyl (C=O) groups is 1. The van der Waals surface area contributed by atoms with Crippen LogP contribution in [0.4, 0.5) is 14.9 Å². The third kappa shape index (κ3) is 3.38. The summed E-state index contributed by atoms with van der Waals surface area (Å²) in [4.78, 5) is 13.9. The van der Waals surface area contributed by atoms with Crippen LogP contribution >= 0.6 is 11.8 Å². The van der Waals surface area contributed by atoms with E-state index in [0.717, 1.165) is 19.5 Å². The van der Waals surface area contributed by atoms with Crippen molar-refractivity contribution in [1.29, 1.82) is 0 Å². The monoisotopic (exact) mass is 268 g/mol. The number of piperidine rings is 1. The summed E-state index contributed by atoms with van der Waals surface area (Å²) in [6, 6.07) is 5.74. The van der Waals surface area contributed by atoms with Crippen LogP contribution in [0.2, 0.25) is 0 Å². The van der Waals surface area contributed by atoms with Gasteiger partial charge in [-0.2, -0.15) is 11.8 Å². The predicted octanol–water partition coefficient (Wildman–Crippen LogP) is 3.19. The van der Waals surface area contributed by atoms with Gasteiger partial charge >= 0.3 is 6.03 Å². The summed E-state index contributed by atoms with van der Waals surface area (Å²) in [6.07, 6.45) is 4.29. The van der Waals surface area contributed by atoms with Gasteiger partial charge in [-0.15, -0.1) is 0 Å². The molecule has 1 aromatic carbocycles. The van der Waals surface area contributed by atoms with Crippen molar-refractivity contribution in [3.05, 3.63) is 30.1 Å². The second kappa shape index (κ2) is 6.09. The van der Waals surface area contributed by atoms with E-state index in [2.05, 4.69) is 11.6 Å². The van der Waals surface area contributed by atoms with Crippen molar-refractivity contribution in [3.63, 3.8) is 0 Å². The molecule has 1 fully saturated rings. The van der Waals surface area contributed by atoms with Crippen molar-refractivity contribution in [1.82, 2.24) is 4.90 Å². The van der Waals surface area contributed by atoms with Gasteiger partial charge in [0.1, 0.15) is 5.82 Å². The molecule has 1 N–H and O–H groups in total. The number of carbonyl (C=O) groups excluding carboxylic acids is 1. The van der Waals surface area contributed by atoms with E-state index >= 15 is 0 Å². The number of anilines is 1. The topological polar surface area (TPSA) is 32.3 Å². The molecule has 2 amide bonds. The number of benzene rings is 1. The van der Waals surface area contributed by atoms with E-state index in [0.29, 0.717) is 10.9 Å². The molecule has 18 heavy (non-hydrogen) atoms. The molecule has 0 spiro atoms. The van der Waals surface area contributed by atoms with E-state index in [4.69, 9.17) is 0 Å². The zero-order valence-electron chi connectivity index (χ0n) is 10.4. The Balaban J connectivity index is 1.93. The number of amides is 2. The lowest BCUT2D eigenvalue weighted by Crippen LogP contribution is -2.43. The van der Waals surface area contributed by atoms with Gasteiger partial charge in [-0.1, -0.05) is 0 Å². The lowest BCUT2D eigenvalue weighted by molar-refractivity contribution is 0.201. The fourth-order valence-electron chi connectivity index (χ4n) is 2.05. The number of hydrogen-bond donors (Lipinski definition) is 1. The van der Waals surface area contributed by atoms with Crippen molar-refractivity contribution in [2.75, 3.05) is 24.7 Å². The summed E-state index contributed by atoms with van der Waals surface area (Å²) >= 11 is 1.80. The highest BCUT2D eigenvalue weighted by Gasteiger charge is 2.22. The number of urea groups is 1. The summed E-state index contributed by atoms with van der Waals surface area (Å²) in [5.74, 6) is -0.298. The first-order chi connectivity index (χ1) is 8.69. The molecule has 0 unspecified atom stereocenters. The van der Waals surface area contributed by atoms with E-state index in [9.17, 15) is 9.18 Å². The van der Waals surface area contributed by atoms with Crippen molar-refractivity contribution >= 4 is 23.5 Å². The van der Waals surface area contributed by atoms with E-state index in [-0.39, 0.29) is 11.8 Å². The third-order valence-electron chi connectivity index (χ3n) is 3.09. The average molecular weight is 268 g/mol. The van der Waals surface area contributed by atoms with Crippen LogP contribution in [0.1, 0.15) is 12.8 Å². The molecule has 0 bridgehead atoms. The Labute approximate surface area is 111 Å². The molecule has 0 aliphatic carbocycles. The van der Waals surface area contributed by atoms with Crippen LogP contribution in [0.5, 0.6) is 0 Å². The molecule has 98 valence electrons. The highest BCUT2D eigenvalue weighted by Crippen LogP contribution is 2.20. The molecule has 1 heterocycles. The average Bonchev–Trinajstić information content (AvgIpc) is 2.41. The minimum absolute atomic E-state index is 0.0969. The number of rotatable bonds is 2. The maximum absolute atomic E-state index is 12.7. The molecule has 0 radical (unpaired) electrons. The molecule has 0 saturated carbocycles. The molecule has 1 aliphatic rings. The van der Waals surface area contributed by atoms with Crippen LogP contribution in [0.25, 0.3) is 0 Å². The molecule has 1 aliphatic heterocycles. The molecule has 1 saturated heterocycles. The molecule has 3 nitrogen and oxygen atoms in total. The summed E-state index contributed by atoms with van der Waals surface area (Å²) in [6.45, 7) is 1.58. The van der Waals surface area contributed by atoms with Gasteiger partial charge in [-0.3, -0.25) is 0 Å². The standard InChI is InChI=1S/C13H17FN2OS/c1-18-12-3-2-8-16(9-12)13(17)15-11-6-4-10(14)5-7-11/h4-7,12H,2-3,8-9H2,1H3,(H,15,17)/t12-/m0/s1. The van der Waals surface area contributed by atoms with Crippen LogP contribution < -0.4 is 5.32 Å². The zero-order chi connectivity index (χ0) is 13.0. The number of halogens is 1. The molecule has 5 heteroatoms. The first kappa shape index (κ1) is 13.2. The second-order valence-electron chi connectivity index (χ2n) is 4.38. The van der Waals surface area contributed by atoms with Gasteiger partial charge in [0.15, 0.2) is 0 Å². The third-order valence-corrected chi connectivity index (χ3v) is 4.15. The van der Waals surface area contributed by atoms with E-state index in [1.54, 1.807) is 23.9 Å². The van der Waals surface area contributed by atoms with Crippen LogP contribution in [0, 0.1) is 5.82 Å². The summed E-state index contributed by atoms with van der Waals surface area (Å²) in [5.41, 5.74) is 0.632. The summed E-state index contributed by atoms with van der Waals surface area (Å²) < 4.78 is 12.7. The number of hydrogen-bond acceptors (Lipinski definition) is 2. The van der Waals surface area contributed by atoms with Gasteiger partial charge in [0, 0.05) is 24.0 Å². The minimum atomic E-state index is -0.298.